The van der Waals surface area contributed by atoms with Gasteiger partial charge in [0.05, 0.1) is 0 Å². The lowest BCUT2D eigenvalue weighted by molar-refractivity contribution is 0.314. The van der Waals surface area contributed by atoms with Crippen LogP contribution in [0.15, 0.2) is 0 Å². The van der Waals surface area contributed by atoms with Gasteiger partial charge in [0.15, 0.2) is 0 Å². The van der Waals surface area contributed by atoms with E-state index in [1.807, 2.05) is 0 Å². The number of rotatable bonds is 3. The van der Waals surface area contributed by atoms with Crippen molar-refractivity contribution in [1.29, 1.82) is 0 Å². The Balaban J connectivity index is 1.69. The van der Waals surface area contributed by atoms with Crippen LogP contribution in [0.5, 0.6) is 0 Å². The fourth-order valence-corrected chi connectivity index (χ4v) is 1.28. The van der Waals surface area contributed by atoms with E-state index >= 15 is 0 Å². The Kier molecular flexibility index (Phi) is 1.26. The standard InChI is InChI=1S/C8H14N/c1-9(8-4-5-8)6-7-2-3-7/h2,7-8H,3-6H2,1H3. The molecule has 0 heterocycles. The van der Waals surface area contributed by atoms with Crippen LogP contribution in [0, 0.1) is 12.3 Å². The van der Waals surface area contributed by atoms with Gasteiger partial charge in [-0.25, -0.2) is 0 Å². The summed E-state index contributed by atoms with van der Waals surface area (Å²) in [5.41, 5.74) is 0. The third-order valence-electron chi connectivity index (χ3n) is 2.26. The summed E-state index contributed by atoms with van der Waals surface area (Å²) in [4.78, 5) is 2.51. The lowest BCUT2D eigenvalue weighted by atomic mass is 10.4. The summed E-state index contributed by atoms with van der Waals surface area (Å²) in [6.07, 6.45) is 6.67. The summed E-state index contributed by atoms with van der Waals surface area (Å²) in [6.45, 7) is 1.32. The van der Waals surface area contributed by atoms with Gasteiger partial charge in [-0.1, -0.05) is 0 Å². The summed E-state index contributed by atoms with van der Waals surface area (Å²) in [6, 6.07) is 0.957. The Hall–Kier alpha value is -0.0400. The average molecular weight is 124 g/mol. The van der Waals surface area contributed by atoms with Crippen molar-refractivity contribution in [3.63, 3.8) is 0 Å². The first-order valence-corrected chi connectivity index (χ1v) is 3.90. The molecule has 2 fully saturated rings. The highest BCUT2D eigenvalue weighted by Gasteiger charge is 2.31. The Morgan fingerprint density at radius 3 is 2.67 bits per heavy atom. The Morgan fingerprint density at radius 1 is 1.56 bits per heavy atom. The third kappa shape index (κ3) is 1.45. The lowest BCUT2D eigenvalue weighted by Gasteiger charge is -2.13. The third-order valence-corrected chi connectivity index (χ3v) is 2.26. The predicted molar refractivity (Wildman–Crippen MR) is 38.1 cm³/mol. The van der Waals surface area contributed by atoms with Gasteiger partial charge in [-0.2, -0.15) is 0 Å². The number of nitrogens with zero attached hydrogens (tertiary/aromatic N) is 1. The van der Waals surface area contributed by atoms with E-state index in [0.29, 0.717) is 0 Å². The molecule has 0 N–H and O–H groups in total. The monoisotopic (exact) mass is 124 g/mol. The van der Waals surface area contributed by atoms with E-state index < -0.39 is 0 Å². The molecule has 51 valence electrons. The van der Waals surface area contributed by atoms with E-state index in [1.165, 1.54) is 25.8 Å². The van der Waals surface area contributed by atoms with E-state index in [0.717, 1.165) is 12.0 Å². The molecule has 0 spiro atoms. The van der Waals surface area contributed by atoms with Crippen molar-refractivity contribution >= 4 is 0 Å². The molecular formula is C8H14N. The molecule has 0 bridgehead atoms. The molecule has 0 aliphatic heterocycles. The summed E-state index contributed by atoms with van der Waals surface area (Å²) >= 11 is 0. The molecule has 1 unspecified atom stereocenters. The van der Waals surface area contributed by atoms with Crippen LogP contribution in [-0.2, 0) is 0 Å². The normalized spacial score (nSPS) is 27.3. The molecule has 0 saturated heterocycles. The summed E-state index contributed by atoms with van der Waals surface area (Å²) in [5, 5.41) is 0. The minimum absolute atomic E-state index is 0.954. The van der Waals surface area contributed by atoms with Gasteiger partial charge in [0.1, 0.15) is 0 Å². The Labute approximate surface area is 57.0 Å². The van der Waals surface area contributed by atoms with Crippen molar-refractivity contribution in [3.05, 3.63) is 6.42 Å². The fraction of sp³-hybridized carbons (Fsp3) is 0.875. The predicted octanol–water partition coefficient (Wildman–Crippen LogP) is 1.30. The molecule has 0 aromatic heterocycles. The first-order chi connectivity index (χ1) is 4.36. The highest BCUT2D eigenvalue weighted by Crippen LogP contribution is 2.32. The summed E-state index contributed by atoms with van der Waals surface area (Å²) in [7, 11) is 2.25. The summed E-state index contributed by atoms with van der Waals surface area (Å²) in [5.74, 6) is 0.954. The van der Waals surface area contributed by atoms with Crippen LogP contribution in [0.4, 0.5) is 0 Å². The van der Waals surface area contributed by atoms with Crippen LogP contribution in [-0.4, -0.2) is 24.5 Å². The molecule has 9 heavy (non-hydrogen) atoms. The zero-order chi connectivity index (χ0) is 6.27. The Bertz CT molecular complexity index is 103. The molecule has 2 saturated carbocycles. The maximum atomic E-state index is 2.51. The van der Waals surface area contributed by atoms with E-state index in [4.69, 9.17) is 0 Å². The molecule has 0 aromatic rings. The minimum Gasteiger partial charge on any atom is -0.303 e. The van der Waals surface area contributed by atoms with E-state index in [9.17, 15) is 0 Å². The molecule has 2 aliphatic carbocycles. The van der Waals surface area contributed by atoms with Gasteiger partial charge in [-0.3, -0.25) is 0 Å². The zero-order valence-electron chi connectivity index (χ0n) is 6.01. The van der Waals surface area contributed by atoms with Crippen LogP contribution in [0.2, 0.25) is 0 Å². The largest absolute Gasteiger partial charge is 0.303 e. The van der Waals surface area contributed by atoms with E-state index in [2.05, 4.69) is 18.4 Å². The van der Waals surface area contributed by atoms with Gasteiger partial charge in [0.2, 0.25) is 0 Å². The van der Waals surface area contributed by atoms with Crippen LogP contribution in [0.3, 0.4) is 0 Å². The SMILES string of the molecule is CN(CC1[CH]C1)C1CC1. The highest BCUT2D eigenvalue weighted by atomic mass is 15.2. The van der Waals surface area contributed by atoms with Crippen LogP contribution < -0.4 is 0 Å². The van der Waals surface area contributed by atoms with Gasteiger partial charge in [0.25, 0.3) is 0 Å². The van der Waals surface area contributed by atoms with Crippen molar-refractivity contribution in [3.8, 4) is 0 Å². The summed E-state index contributed by atoms with van der Waals surface area (Å²) < 4.78 is 0. The van der Waals surface area contributed by atoms with E-state index in [1.54, 1.807) is 0 Å². The molecule has 2 aliphatic rings. The first kappa shape index (κ1) is 5.72. The second kappa shape index (κ2) is 1.98. The maximum absolute atomic E-state index is 2.51. The van der Waals surface area contributed by atoms with Gasteiger partial charge in [-0.05, 0) is 38.6 Å². The molecule has 1 radical (unpaired) electrons. The molecule has 1 heteroatoms. The molecular weight excluding hydrogens is 110 g/mol. The second-order valence-corrected chi connectivity index (χ2v) is 3.40. The van der Waals surface area contributed by atoms with E-state index in [-0.39, 0.29) is 0 Å². The highest BCUT2D eigenvalue weighted by molar-refractivity contribution is 4.97. The quantitative estimate of drug-likeness (QED) is 0.548. The van der Waals surface area contributed by atoms with Crippen molar-refractivity contribution in [2.45, 2.75) is 25.3 Å². The number of hydrogen-bond acceptors (Lipinski definition) is 1. The van der Waals surface area contributed by atoms with Gasteiger partial charge in [-0.15, -0.1) is 0 Å². The first-order valence-electron chi connectivity index (χ1n) is 3.90. The minimum atomic E-state index is 0.954. The zero-order valence-corrected chi connectivity index (χ0v) is 6.01. The van der Waals surface area contributed by atoms with Crippen molar-refractivity contribution in [1.82, 2.24) is 4.90 Å². The molecule has 1 atom stereocenters. The van der Waals surface area contributed by atoms with Crippen LogP contribution >= 0.6 is 0 Å². The molecule has 1 nitrogen and oxygen atoms in total. The van der Waals surface area contributed by atoms with Gasteiger partial charge < -0.3 is 4.90 Å². The maximum Gasteiger partial charge on any atom is 0.00934 e. The molecule has 0 amide bonds. The van der Waals surface area contributed by atoms with Gasteiger partial charge >= 0.3 is 0 Å². The van der Waals surface area contributed by atoms with Crippen molar-refractivity contribution < 1.29 is 0 Å². The topological polar surface area (TPSA) is 3.24 Å². The average Bonchev–Trinajstić information content (AvgIpc) is 2.62. The van der Waals surface area contributed by atoms with Crippen LogP contribution in [0.1, 0.15) is 19.3 Å². The smallest absolute Gasteiger partial charge is 0.00934 e. The lowest BCUT2D eigenvalue weighted by Crippen LogP contribution is -2.22. The van der Waals surface area contributed by atoms with Gasteiger partial charge in [0, 0.05) is 12.6 Å². The van der Waals surface area contributed by atoms with Crippen molar-refractivity contribution in [2.75, 3.05) is 13.6 Å². The Morgan fingerprint density at radius 2 is 2.22 bits per heavy atom. The molecule has 2 rings (SSSR count). The fourth-order valence-electron chi connectivity index (χ4n) is 1.28. The molecule has 0 aromatic carbocycles. The van der Waals surface area contributed by atoms with Crippen molar-refractivity contribution in [2.24, 2.45) is 5.92 Å². The number of hydrogen-bond donors (Lipinski definition) is 0. The van der Waals surface area contributed by atoms with Crippen LogP contribution in [0.25, 0.3) is 0 Å². The second-order valence-electron chi connectivity index (χ2n) is 3.40.